The van der Waals surface area contributed by atoms with Crippen LogP contribution in [0.5, 0.6) is 0 Å². The third-order valence-electron chi connectivity index (χ3n) is 3.00. The average Bonchev–Trinajstić information content (AvgIpc) is 2.12. The van der Waals surface area contributed by atoms with E-state index in [0.29, 0.717) is 12.5 Å². The SMILES string of the molecule is CC(C)(C)NC(=O)CCNC1CCOC(C)(C)C1. The topological polar surface area (TPSA) is 50.4 Å². The summed E-state index contributed by atoms with van der Waals surface area (Å²) < 4.78 is 5.67. The Bertz CT molecular complexity index is 282. The molecule has 4 nitrogen and oxygen atoms in total. The van der Waals surface area contributed by atoms with E-state index in [2.05, 4.69) is 24.5 Å². The van der Waals surface area contributed by atoms with Crippen LogP contribution in [0.1, 0.15) is 53.9 Å². The van der Waals surface area contributed by atoms with Crippen molar-refractivity contribution in [3.8, 4) is 0 Å². The first-order valence-corrected chi connectivity index (χ1v) is 6.86. The minimum absolute atomic E-state index is 0.0381. The molecule has 0 spiro atoms. The third kappa shape index (κ3) is 6.36. The normalized spacial score (nSPS) is 23.7. The molecule has 4 heteroatoms. The van der Waals surface area contributed by atoms with Crippen LogP contribution in [0.4, 0.5) is 0 Å². The summed E-state index contributed by atoms with van der Waals surface area (Å²) in [5.41, 5.74) is -0.179. The van der Waals surface area contributed by atoms with Gasteiger partial charge >= 0.3 is 0 Å². The van der Waals surface area contributed by atoms with E-state index in [1.165, 1.54) is 0 Å². The summed E-state index contributed by atoms with van der Waals surface area (Å²) in [6.45, 7) is 11.8. The van der Waals surface area contributed by atoms with E-state index < -0.39 is 0 Å². The van der Waals surface area contributed by atoms with Gasteiger partial charge in [-0.05, 0) is 47.5 Å². The van der Waals surface area contributed by atoms with Crippen molar-refractivity contribution in [1.29, 1.82) is 0 Å². The van der Waals surface area contributed by atoms with Crippen molar-refractivity contribution in [2.45, 2.75) is 71.1 Å². The van der Waals surface area contributed by atoms with Crippen molar-refractivity contribution in [1.82, 2.24) is 10.6 Å². The molecule has 1 aliphatic rings. The van der Waals surface area contributed by atoms with Gasteiger partial charge < -0.3 is 15.4 Å². The second-order valence-electron chi connectivity index (χ2n) is 6.80. The van der Waals surface area contributed by atoms with Crippen LogP contribution in [0.2, 0.25) is 0 Å². The van der Waals surface area contributed by atoms with E-state index >= 15 is 0 Å². The van der Waals surface area contributed by atoms with Gasteiger partial charge in [-0.2, -0.15) is 0 Å². The first kappa shape index (κ1) is 15.4. The number of carbonyl (C=O) groups is 1. The van der Waals surface area contributed by atoms with Crippen molar-refractivity contribution in [2.75, 3.05) is 13.2 Å². The molecule has 0 aromatic rings. The van der Waals surface area contributed by atoms with Crippen LogP contribution in [-0.4, -0.2) is 36.2 Å². The predicted molar refractivity (Wildman–Crippen MR) is 73.6 cm³/mol. The van der Waals surface area contributed by atoms with E-state index in [1.54, 1.807) is 0 Å². The van der Waals surface area contributed by atoms with Crippen LogP contribution in [0.3, 0.4) is 0 Å². The van der Waals surface area contributed by atoms with E-state index in [4.69, 9.17) is 4.74 Å². The van der Waals surface area contributed by atoms with Gasteiger partial charge in [0.15, 0.2) is 0 Å². The maximum absolute atomic E-state index is 11.7. The van der Waals surface area contributed by atoms with Crippen molar-refractivity contribution < 1.29 is 9.53 Å². The average molecular weight is 256 g/mol. The molecule has 106 valence electrons. The molecule has 0 aliphatic carbocycles. The summed E-state index contributed by atoms with van der Waals surface area (Å²) in [4.78, 5) is 11.7. The Hall–Kier alpha value is -0.610. The number of carbonyl (C=O) groups excluding carboxylic acids is 1. The van der Waals surface area contributed by atoms with E-state index in [9.17, 15) is 4.79 Å². The van der Waals surface area contributed by atoms with E-state index in [-0.39, 0.29) is 17.0 Å². The highest BCUT2D eigenvalue weighted by Crippen LogP contribution is 2.23. The molecule has 0 radical (unpaired) electrons. The molecule has 1 aliphatic heterocycles. The van der Waals surface area contributed by atoms with Gasteiger partial charge in [-0.3, -0.25) is 4.79 Å². The standard InChI is InChI=1S/C14H28N2O2/c1-13(2,3)16-12(17)6-8-15-11-7-9-18-14(4,5)10-11/h11,15H,6-10H2,1-5H3,(H,16,17). The number of ether oxygens (including phenoxy) is 1. The lowest BCUT2D eigenvalue weighted by Gasteiger charge is -2.36. The van der Waals surface area contributed by atoms with Gasteiger partial charge in [-0.25, -0.2) is 0 Å². The zero-order chi connectivity index (χ0) is 13.8. The Balaban J connectivity index is 2.20. The summed E-state index contributed by atoms with van der Waals surface area (Å²) in [6, 6.07) is 0.469. The second-order valence-corrected chi connectivity index (χ2v) is 6.80. The minimum Gasteiger partial charge on any atom is -0.375 e. The van der Waals surface area contributed by atoms with Gasteiger partial charge in [0.25, 0.3) is 0 Å². The Morgan fingerprint density at radius 1 is 1.39 bits per heavy atom. The van der Waals surface area contributed by atoms with Crippen LogP contribution in [0.25, 0.3) is 0 Å². The van der Waals surface area contributed by atoms with Crippen LogP contribution in [0, 0.1) is 0 Å². The van der Waals surface area contributed by atoms with Crippen LogP contribution >= 0.6 is 0 Å². The number of hydrogen-bond donors (Lipinski definition) is 2. The van der Waals surface area contributed by atoms with E-state index in [1.807, 2.05) is 20.8 Å². The summed E-state index contributed by atoms with van der Waals surface area (Å²) in [5, 5.41) is 6.42. The largest absolute Gasteiger partial charge is 0.375 e. The summed E-state index contributed by atoms with van der Waals surface area (Å²) in [7, 11) is 0. The molecule has 1 saturated heterocycles. The quantitative estimate of drug-likeness (QED) is 0.807. The third-order valence-corrected chi connectivity index (χ3v) is 3.00. The van der Waals surface area contributed by atoms with Crippen molar-refractivity contribution in [3.05, 3.63) is 0 Å². The molecule has 1 amide bonds. The van der Waals surface area contributed by atoms with Crippen LogP contribution in [0.15, 0.2) is 0 Å². The predicted octanol–water partition coefficient (Wildman–Crippen LogP) is 1.84. The molecule has 1 atom stereocenters. The lowest BCUT2D eigenvalue weighted by molar-refractivity contribution is -0.122. The van der Waals surface area contributed by atoms with Gasteiger partial charge in [0.05, 0.1) is 5.60 Å². The summed E-state index contributed by atoms with van der Waals surface area (Å²) in [5.74, 6) is 0.112. The van der Waals surface area contributed by atoms with Gasteiger partial charge in [0.1, 0.15) is 0 Å². The fourth-order valence-corrected chi connectivity index (χ4v) is 2.28. The fraction of sp³-hybridized carbons (Fsp3) is 0.929. The number of hydrogen-bond acceptors (Lipinski definition) is 3. The van der Waals surface area contributed by atoms with Crippen LogP contribution < -0.4 is 10.6 Å². The molecule has 2 N–H and O–H groups in total. The lowest BCUT2D eigenvalue weighted by Crippen LogP contribution is -2.45. The molecule has 0 saturated carbocycles. The molecule has 18 heavy (non-hydrogen) atoms. The Labute approximate surface area is 111 Å². The maximum Gasteiger partial charge on any atom is 0.221 e. The van der Waals surface area contributed by atoms with Crippen molar-refractivity contribution in [3.63, 3.8) is 0 Å². The second kappa shape index (κ2) is 6.02. The van der Waals surface area contributed by atoms with Gasteiger partial charge in [-0.15, -0.1) is 0 Å². The molecular formula is C14H28N2O2. The van der Waals surface area contributed by atoms with Gasteiger partial charge in [0.2, 0.25) is 5.91 Å². The number of amides is 1. The minimum atomic E-state index is -0.141. The maximum atomic E-state index is 11.7. The zero-order valence-electron chi connectivity index (χ0n) is 12.4. The molecule has 1 fully saturated rings. The van der Waals surface area contributed by atoms with Crippen LogP contribution in [-0.2, 0) is 9.53 Å². The van der Waals surface area contributed by atoms with E-state index in [0.717, 1.165) is 26.0 Å². The number of nitrogens with one attached hydrogen (secondary N) is 2. The molecule has 1 rings (SSSR count). The van der Waals surface area contributed by atoms with Crippen molar-refractivity contribution in [2.24, 2.45) is 0 Å². The summed E-state index contributed by atoms with van der Waals surface area (Å²) in [6.07, 6.45) is 2.58. The molecule has 0 aromatic carbocycles. The molecule has 0 aromatic heterocycles. The Morgan fingerprint density at radius 3 is 2.61 bits per heavy atom. The Kier molecular flexibility index (Phi) is 5.17. The smallest absolute Gasteiger partial charge is 0.221 e. The molecular weight excluding hydrogens is 228 g/mol. The highest BCUT2D eigenvalue weighted by molar-refractivity contribution is 5.76. The highest BCUT2D eigenvalue weighted by Gasteiger charge is 2.28. The highest BCUT2D eigenvalue weighted by atomic mass is 16.5. The monoisotopic (exact) mass is 256 g/mol. The number of rotatable bonds is 4. The molecule has 1 unspecified atom stereocenters. The van der Waals surface area contributed by atoms with Gasteiger partial charge in [0, 0.05) is 31.2 Å². The molecule has 1 heterocycles. The fourth-order valence-electron chi connectivity index (χ4n) is 2.28. The zero-order valence-corrected chi connectivity index (χ0v) is 12.4. The molecule has 0 bridgehead atoms. The first-order valence-electron chi connectivity index (χ1n) is 6.86. The Morgan fingerprint density at radius 2 is 2.06 bits per heavy atom. The van der Waals surface area contributed by atoms with Gasteiger partial charge in [-0.1, -0.05) is 0 Å². The summed E-state index contributed by atoms with van der Waals surface area (Å²) >= 11 is 0. The lowest BCUT2D eigenvalue weighted by atomic mass is 9.94. The first-order chi connectivity index (χ1) is 8.18. The van der Waals surface area contributed by atoms with Crippen molar-refractivity contribution >= 4 is 5.91 Å².